The Morgan fingerprint density at radius 3 is 2.60 bits per heavy atom. The molecule has 1 saturated heterocycles. The average molecular weight is 312 g/mol. The van der Waals surface area contributed by atoms with E-state index in [2.05, 4.69) is 4.72 Å². The zero-order valence-electron chi connectivity index (χ0n) is 10.9. The Balaban J connectivity index is 2.04. The van der Waals surface area contributed by atoms with Gasteiger partial charge in [0.05, 0.1) is 17.4 Å². The minimum absolute atomic E-state index is 0.146. The fraction of sp³-hybridized carbons (Fsp3) is 0.462. The highest BCUT2D eigenvalue weighted by Gasteiger charge is 2.23. The molecule has 0 atom stereocenters. The summed E-state index contributed by atoms with van der Waals surface area (Å²) in [6.45, 7) is 0. The summed E-state index contributed by atoms with van der Waals surface area (Å²) in [5, 5.41) is 8.97. The van der Waals surface area contributed by atoms with Gasteiger partial charge in [-0.3, -0.25) is 4.21 Å². The maximum Gasteiger partial charge on any atom is 0.216 e. The number of nitrogens with zero attached hydrogens (tertiary/aromatic N) is 1. The molecular formula is C13H16N2O3S2. The molecular weight excluding hydrogens is 296 g/mol. The summed E-state index contributed by atoms with van der Waals surface area (Å²) in [5.74, 6) is 0.889. The molecule has 5 nitrogen and oxygen atoms in total. The van der Waals surface area contributed by atoms with Gasteiger partial charge < -0.3 is 0 Å². The van der Waals surface area contributed by atoms with Crippen molar-refractivity contribution >= 4 is 20.8 Å². The van der Waals surface area contributed by atoms with Gasteiger partial charge in [0.2, 0.25) is 10.0 Å². The third-order valence-electron chi connectivity index (χ3n) is 3.22. The van der Waals surface area contributed by atoms with E-state index >= 15 is 0 Å². The van der Waals surface area contributed by atoms with Crippen molar-refractivity contribution in [3.63, 3.8) is 0 Å². The lowest BCUT2D eigenvalue weighted by molar-refractivity contribution is 0.521. The van der Waals surface area contributed by atoms with Crippen LogP contribution in [0, 0.1) is 11.3 Å². The molecule has 0 unspecified atom stereocenters. The monoisotopic (exact) mass is 312 g/mol. The van der Waals surface area contributed by atoms with Crippen molar-refractivity contribution in [2.24, 2.45) is 0 Å². The van der Waals surface area contributed by atoms with E-state index in [9.17, 15) is 12.6 Å². The van der Waals surface area contributed by atoms with Crippen molar-refractivity contribution in [3.05, 3.63) is 35.4 Å². The lowest BCUT2D eigenvalue weighted by atomic mass is 10.1. The second kappa shape index (κ2) is 6.48. The minimum atomic E-state index is -3.48. The van der Waals surface area contributed by atoms with Crippen LogP contribution in [-0.4, -0.2) is 30.2 Å². The van der Waals surface area contributed by atoms with Crippen molar-refractivity contribution in [1.29, 1.82) is 5.26 Å². The largest absolute Gasteiger partial charge is 0.260 e. The third-order valence-corrected chi connectivity index (χ3v) is 5.98. The van der Waals surface area contributed by atoms with Crippen molar-refractivity contribution in [2.75, 3.05) is 11.5 Å². The number of nitriles is 1. The molecule has 2 rings (SSSR count). The van der Waals surface area contributed by atoms with Crippen LogP contribution in [0.3, 0.4) is 0 Å². The zero-order chi connectivity index (χ0) is 14.6. The molecule has 1 aliphatic rings. The Morgan fingerprint density at radius 2 is 1.95 bits per heavy atom. The van der Waals surface area contributed by atoms with E-state index in [1.807, 2.05) is 6.07 Å². The first kappa shape index (κ1) is 15.2. The van der Waals surface area contributed by atoms with Gasteiger partial charge in [0, 0.05) is 28.3 Å². The van der Waals surface area contributed by atoms with Gasteiger partial charge >= 0.3 is 0 Å². The molecule has 1 aromatic rings. The first-order chi connectivity index (χ1) is 9.50. The van der Waals surface area contributed by atoms with Crippen LogP contribution in [0.1, 0.15) is 24.0 Å². The maximum absolute atomic E-state index is 12.1. The van der Waals surface area contributed by atoms with Gasteiger partial charge in [0.1, 0.15) is 0 Å². The molecule has 1 aliphatic heterocycles. The van der Waals surface area contributed by atoms with Crippen LogP contribution < -0.4 is 4.72 Å². The Kier molecular flexibility index (Phi) is 4.91. The van der Waals surface area contributed by atoms with E-state index in [1.165, 1.54) is 0 Å². The highest BCUT2D eigenvalue weighted by molar-refractivity contribution is 7.88. The first-order valence-corrected chi connectivity index (χ1v) is 9.47. The summed E-state index contributed by atoms with van der Waals surface area (Å²) in [6.07, 6.45) is 1.21. The van der Waals surface area contributed by atoms with Gasteiger partial charge in [-0.2, -0.15) is 5.26 Å². The number of hydrogen-bond acceptors (Lipinski definition) is 4. The van der Waals surface area contributed by atoms with Crippen LogP contribution in [0.15, 0.2) is 24.3 Å². The predicted molar refractivity (Wildman–Crippen MR) is 77.8 cm³/mol. The maximum atomic E-state index is 12.1. The quantitative estimate of drug-likeness (QED) is 0.894. The molecule has 1 fully saturated rings. The van der Waals surface area contributed by atoms with Gasteiger partial charge in [-0.1, -0.05) is 18.2 Å². The number of rotatable bonds is 4. The molecule has 0 aromatic heterocycles. The average Bonchev–Trinajstić information content (AvgIpc) is 2.41. The highest BCUT2D eigenvalue weighted by atomic mass is 32.2. The van der Waals surface area contributed by atoms with Gasteiger partial charge in [0.15, 0.2) is 0 Å². The van der Waals surface area contributed by atoms with Crippen LogP contribution in [0.2, 0.25) is 0 Å². The van der Waals surface area contributed by atoms with Crippen molar-refractivity contribution in [2.45, 2.75) is 24.6 Å². The molecule has 1 N–H and O–H groups in total. The standard InChI is InChI=1S/C13H16N2O3S2/c14-9-11-3-1-2-4-12(11)10-20(17,18)15-13-5-7-19(16)8-6-13/h1-4,13,15H,5-8,10H2. The molecule has 0 bridgehead atoms. The molecule has 20 heavy (non-hydrogen) atoms. The lowest BCUT2D eigenvalue weighted by Crippen LogP contribution is -2.40. The first-order valence-electron chi connectivity index (χ1n) is 6.33. The molecule has 0 aliphatic carbocycles. The topological polar surface area (TPSA) is 87.0 Å². The Hall–Kier alpha value is -1.23. The minimum Gasteiger partial charge on any atom is -0.260 e. The Morgan fingerprint density at radius 1 is 1.30 bits per heavy atom. The van der Waals surface area contributed by atoms with Gasteiger partial charge in [-0.25, -0.2) is 13.1 Å². The van der Waals surface area contributed by atoms with Crippen LogP contribution >= 0.6 is 0 Å². The molecule has 0 saturated carbocycles. The normalized spacial score (nSPS) is 23.1. The van der Waals surface area contributed by atoms with Crippen molar-refractivity contribution in [3.8, 4) is 6.07 Å². The zero-order valence-corrected chi connectivity index (χ0v) is 12.5. The second-order valence-corrected chi connectivity index (χ2v) is 8.22. The van der Waals surface area contributed by atoms with Gasteiger partial charge in [-0.15, -0.1) is 0 Å². The Bertz CT molecular complexity index is 640. The van der Waals surface area contributed by atoms with E-state index in [-0.39, 0.29) is 11.8 Å². The summed E-state index contributed by atoms with van der Waals surface area (Å²) in [5.41, 5.74) is 0.879. The fourth-order valence-corrected chi connectivity index (χ4v) is 4.95. The molecule has 0 spiro atoms. The number of hydrogen-bond donors (Lipinski definition) is 1. The number of nitrogens with one attached hydrogen (secondary N) is 1. The second-order valence-electron chi connectivity index (χ2n) is 4.77. The summed E-state index contributed by atoms with van der Waals surface area (Å²) in [7, 11) is -4.29. The van der Waals surface area contributed by atoms with E-state index in [1.54, 1.807) is 24.3 Å². The third kappa shape index (κ3) is 4.13. The van der Waals surface area contributed by atoms with Gasteiger partial charge in [-0.05, 0) is 24.5 Å². The lowest BCUT2D eigenvalue weighted by Gasteiger charge is -2.22. The van der Waals surface area contributed by atoms with Crippen LogP contribution in [0.5, 0.6) is 0 Å². The van der Waals surface area contributed by atoms with E-state index in [4.69, 9.17) is 5.26 Å². The smallest absolute Gasteiger partial charge is 0.216 e. The molecule has 0 amide bonds. The molecule has 1 aromatic carbocycles. The number of benzene rings is 1. The SMILES string of the molecule is N#Cc1ccccc1CS(=O)(=O)NC1CCS(=O)CC1. The van der Waals surface area contributed by atoms with Crippen molar-refractivity contribution in [1.82, 2.24) is 4.72 Å². The van der Waals surface area contributed by atoms with Crippen molar-refractivity contribution < 1.29 is 12.6 Å². The van der Waals surface area contributed by atoms with Gasteiger partial charge in [0.25, 0.3) is 0 Å². The summed E-state index contributed by atoms with van der Waals surface area (Å²) < 4.78 is 38.1. The summed E-state index contributed by atoms with van der Waals surface area (Å²) >= 11 is 0. The van der Waals surface area contributed by atoms with Crippen LogP contribution in [0.4, 0.5) is 0 Å². The fourth-order valence-electron chi connectivity index (χ4n) is 2.17. The molecule has 0 radical (unpaired) electrons. The number of sulfonamides is 1. The predicted octanol–water partition coefficient (Wildman–Crippen LogP) is 0.889. The van der Waals surface area contributed by atoms with Crippen LogP contribution in [-0.2, 0) is 26.6 Å². The Labute approximate surface area is 121 Å². The van der Waals surface area contributed by atoms with E-state index in [0.29, 0.717) is 35.5 Å². The molecule has 7 heteroatoms. The molecule has 1 heterocycles. The van der Waals surface area contributed by atoms with E-state index in [0.717, 1.165) is 0 Å². The van der Waals surface area contributed by atoms with E-state index < -0.39 is 20.8 Å². The summed E-state index contributed by atoms with van der Waals surface area (Å²) in [6, 6.07) is 8.53. The summed E-state index contributed by atoms with van der Waals surface area (Å²) in [4.78, 5) is 0. The van der Waals surface area contributed by atoms with Crippen LogP contribution in [0.25, 0.3) is 0 Å². The molecule has 108 valence electrons. The highest BCUT2D eigenvalue weighted by Crippen LogP contribution is 2.14.